The minimum atomic E-state index is 0.597. The van der Waals surface area contributed by atoms with Crippen LogP contribution in [-0.4, -0.2) is 19.7 Å². The molecule has 0 bridgehead atoms. The first-order chi connectivity index (χ1) is 3.43. The molecule has 0 aromatic rings. The summed E-state index contributed by atoms with van der Waals surface area (Å²) in [5.74, 6) is 0. The molecule has 40 valence electrons. The zero-order valence-corrected chi connectivity index (χ0v) is 4.35. The second kappa shape index (κ2) is 1.98. The molecule has 1 heterocycles. The fraction of sp³-hybridized carbons (Fsp3) is 0.600. The van der Waals surface area contributed by atoms with Crippen molar-refractivity contribution in [2.45, 2.75) is 6.04 Å². The lowest BCUT2D eigenvalue weighted by atomic mass is 10.5. The highest BCUT2D eigenvalue weighted by Gasteiger charge is 2.14. The van der Waals surface area contributed by atoms with E-state index in [-0.39, 0.29) is 0 Å². The van der Waals surface area contributed by atoms with E-state index in [4.69, 9.17) is 0 Å². The Hall–Kier alpha value is -0.500. The summed E-state index contributed by atoms with van der Waals surface area (Å²) in [5, 5.41) is 3.10. The smallest absolute Gasteiger partial charge is 0.0800 e. The Kier molecular flexibility index (Phi) is 1.32. The van der Waals surface area contributed by atoms with Crippen LogP contribution in [0.25, 0.3) is 0 Å². The van der Waals surface area contributed by atoms with Crippen LogP contribution < -0.4 is 5.32 Å². The van der Waals surface area contributed by atoms with Gasteiger partial charge in [0, 0.05) is 12.6 Å². The second-order valence-electron chi connectivity index (χ2n) is 1.58. The molecule has 0 spiro atoms. The summed E-state index contributed by atoms with van der Waals surface area (Å²) in [6.07, 6.45) is 3.70. The molecule has 1 N–H and O–H groups in total. The van der Waals surface area contributed by atoms with E-state index in [1.165, 1.54) is 0 Å². The zero-order chi connectivity index (χ0) is 5.11. The van der Waals surface area contributed by atoms with E-state index in [9.17, 15) is 0 Å². The minimum Gasteiger partial charge on any atom is -0.505 e. The third-order valence-corrected chi connectivity index (χ3v) is 0.887. The van der Waals surface area contributed by atoms with Gasteiger partial charge in [-0.15, -0.1) is 0 Å². The molecule has 0 amide bonds. The maximum absolute atomic E-state index is 4.67. The third kappa shape index (κ3) is 1.59. The van der Waals surface area contributed by atoms with Crippen molar-refractivity contribution in [2.24, 2.45) is 0 Å². The molecule has 1 saturated heterocycles. The van der Waals surface area contributed by atoms with Crippen molar-refractivity contribution in [3.8, 4) is 0 Å². The Balaban J connectivity index is 2.05. The lowest BCUT2D eigenvalue weighted by molar-refractivity contribution is 0.336. The van der Waals surface area contributed by atoms with Gasteiger partial charge in [0.25, 0.3) is 0 Å². The van der Waals surface area contributed by atoms with Crippen molar-refractivity contribution in [2.75, 3.05) is 13.7 Å². The molecule has 1 aliphatic heterocycles. The number of ether oxygens (including phenoxy) is 1. The van der Waals surface area contributed by atoms with Gasteiger partial charge in [0.1, 0.15) is 0 Å². The van der Waals surface area contributed by atoms with Crippen LogP contribution in [0.2, 0.25) is 0 Å². The number of nitrogens with one attached hydrogen (secondary N) is 1. The van der Waals surface area contributed by atoms with Gasteiger partial charge in [-0.3, -0.25) is 0 Å². The molecule has 0 aromatic heterocycles. The van der Waals surface area contributed by atoms with Gasteiger partial charge in [-0.2, -0.15) is 0 Å². The molecule has 1 aliphatic rings. The summed E-state index contributed by atoms with van der Waals surface area (Å²) in [7, 11) is 1.65. The first kappa shape index (κ1) is 4.65. The summed E-state index contributed by atoms with van der Waals surface area (Å²) < 4.78 is 4.67. The number of hydrogen-bond acceptors (Lipinski definition) is 2. The third-order valence-electron chi connectivity index (χ3n) is 0.887. The Labute approximate surface area is 43.2 Å². The molecule has 1 atom stereocenters. The van der Waals surface area contributed by atoms with Gasteiger partial charge in [0.2, 0.25) is 0 Å². The molecule has 2 heteroatoms. The fourth-order valence-corrected chi connectivity index (χ4v) is 0.378. The monoisotopic (exact) mass is 99.1 g/mol. The first-order valence-electron chi connectivity index (χ1n) is 2.36. The Bertz CT molecular complexity index is 76.1. The number of methoxy groups -OCH3 is 1. The van der Waals surface area contributed by atoms with Crippen LogP contribution in [0.15, 0.2) is 12.3 Å². The predicted octanol–water partition coefficient (Wildman–Crippen LogP) is 0.118. The van der Waals surface area contributed by atoms with Crippen LogP contribution in [0, 0.1) is 0 Å². The molecule has 7 heavy (non-hydrogen) atoms. The molecule has 1 fully saturated rings. The lowest BCUT2D eigenvalue weighted by Gasteiger charge is -1.81. The van der Waals surface area contributed by atoms with Crippen LogP contribution in [0.1, 0.15) is 0 Å². The van der Waals surface area contributed by atoms with Gasteiger partial charge in [0.05, 0.1) is 13.4 Å². The van der Waals surface area contributed by atoms with Crippen molar-refractivity contribution in [1.82, 2.24) is 5.32 Å². The summed E-state index contributed by atoms with van der Waals surface area (Å²) >= 11 is 0. The quantitative estimate of drug-likeness (QED) is 0.393. The van der Waals surface area contributed by atoms with Crippen LogP contribution in [-0.2, 0) is 4.74 Å². The first-order valence-corrected chi connectivity index (χ1v) is 2.36. The second-order valence-corrected chi connectivity index (χ2v) is 1.58. The molecule has 1 rings (SSSR count). The maximum atomic E-state index is 4.67. The van der Waals surface area contributed by atoms with Crippen molar-refractivity contribution in [3.05, 3.63) is 12.3 Å². The Morgan fingerprint density at radius 2 is 2.57 bits per heavy atom. The molecule has 0 saturated carbocycles. The van der Waals surface area contributed by atoms with E-state index < -0.39 is 0 Å². The molecular weight excluding hydrogens is 90.1 g/mol. The van der Waals surface area contributed by atoms with Gasteiger partial charge < -0.3 is 10.1 Å². The highest BCUT2D eigenvalue weighted by atomic mass is 16.5. The summed E-state index contributed by atoms with van der Waals surface area (Å²) in [6.45, 7) is 1.11. The van der Waals surface area contributed by atoms with E-state index in [0.717, 1.165) is 6.54 Å². The van der Waals surface area contributed by atoms with Crippen molar-refractivity contribution in [3.63, 3.8) is 0 Å². The van der Waals surface area contributed by atoms with Gasteiger partial charge in [0.15, 0.2) is 0 Å². The van der Waals surface area contributed by atoms with Crippen LogP contribution in [0.5, 0.6) is 0 Å². The van der Waals surface area contributed by atoms with E-state index >= 15 is 0 Å². The zero-order valence-electron chi connectivity index (χ0n) is 4.35. The van der Waals surface area contributed by atoms with E-state index in [1.54, 1.807) is 13.4 Å². The molecular formula is C5H9NO. The number of hydrogen-bond donors (Lipinski definition) is 1. The standard InChI is InChI=1S/C5H9NO/c1-7-3-2-5-4-6-5/h2-3,5-6H,4H2,1H3. The topological polar surface area (TPSA) is 31.2 Å². The Morgan fingerprint density at radius 1 is 1.86 bits per heavy atom. The average molecular weight is 99.1 g/mol. The van der Waals surface area contributed by atoms with E-state index in [0.29, 0.717) is 6.04 Å². The maximum Gasteiger partial charge on any atom is 0.0800 e. The number of rotatable bonds is 2. The summed E-state index contributed by atoms with van der Waals surface area (Å²) in [5.41, 5.74) is 0. The van der Waals surface area contributed by atoms with Crippen molar-refractivity contribution >= 4 is 0 Å². The van der Waals surface area contributed by atoms with E-state index in [1.807, 2.05) is 6.08 Å². The summed E-state index contributed by atoms with van der Waals surface area (Å²) in [6, 6.07) is 0.597. The van der Waals surface area contributed by atoms with E-state index in [2.05, 4.69) is 10.1 Å². The van der Waals surface area contributed by atoms with Crippen molar-refractivity contribution < 1.29 is 4.74 Å². The summed E-state index contributed by atoms with van der Waals surface area (Å²) in [4.78, 5) is 0. The molecule has 0 aromatic carbocycles. The highest BCUT2D eigenvalue weighted by Crippen LogP contribution is 1.96. The van der Waals surface area contributed by atoms with Gasteiger partial charge in [-0.25, -0.2) is 0 Å². The van der Waals surface area contributed by atoms with Crippen molar-refractivity contribution in [1.29, 1.82) is 0 Å². The van der Waals surface area contributed by atoms with Gasteiger partial charge in [-0.1, -0.05) is 0 Å². The molecule has 0 radical (unpaired) electrons. The largest absolute Gasteiger partial charge is 0.505 e. The lowest BCUT2D eigenvalue weighted by Crippen LogP contribution is -1.80. The average Bonchev–Trinajstić information content (AvgIpc) is 2.42. The fourth-order valence-electron chi connectivity index (χ4n) is 0.378. The highest BCUT2D eigenvalue weighted by molar-refractivity contribution is 5.00. The molecule has 1 unspecified atom stereocenters. The molecule has 2 nitrogen and oxygen atoms in total. The normalized spacial score (nSPS) is 28.4. The predicted molar refractivity (Wildman–Crippen MR) is 27.9 cm³/mol. The van der Waals surface area contributed by atoms with Crippen LogP contribution in [0.3, 0.4) is 0 Å². The van der Waals surface area contributed by atoms with Gasteiger partial charge in [-0.05, 0) is 6.08 Å². The minimum absolute atomic E-state index is 0.597. The Morgan fingerprint density at radius 3 is 3.00 bits per heavy atom. The van der Waals surface area contributed by atoms with Crippen LogP contribution in [0.4, 0.5) is 0 Å². The molecule has 0 aliphatic carbocycles. The van der Waals surface area contributed by atoms with Gasteiger partial charge >= 0.3 is 0 Å². The van der Waals surface area contributed by atoms with Crippen LogP contribution >= 0.6 is 0 Å². The SMILES string of the molecule is COC=CC1CN1.